The van der Waals surface area contributed by atoms with Crippen molar-refractivity contribution in [3.63, 3.8) is 0 Å². The van der Waals surface area contributed by atoms with Crippen LogP contribution in [0.3, 0.4) is 0 Å². The smallest absolute Gasteiger partial charge is 0.374 e. The van der Waals surface area contributed by atoms with Crippen molar-refractivity contribution in [3.8, 4) is 0 Å². The van der Waals surface area contributed by atoms with Gasteiger partial charge in [0.2, 0.25) is 0 Å². The first-order valence-corrected chi connectivity index (χ1v) is 9.51. The molecule has 2 aliphatic carbocycles. The summed E-state index contributed by atoms with van der Waals surface area (Å²) in [4.78, 5) is 0. The predicted molar refractivity (Wildman–Crippen MR) is 74.4 cm³/mol. The zero-order valence-electron chi connectivity index (χ0n) is 12.1. The van der Waals surface area contributed by atoms with Crippen LogP contribution in [0.2, 0.25) is 5.54 Å². The fraction of sp³-hybridized carbons (Fsp3) is 1.00. The fourth-order valence-electron chi connectivity index (χ4n) is 3.71. The molecule has 0 radical (unpaired) electrons. The first-order chi connectivity index (χ1) is 8.79. The van der Waals surface area contributed by atoms with Gasteiger partial charge in [0.15, 0.2) is 0 Å². The first kappa shape index (κ1) is 14.5. The van der Waals surface area contributed by atoms with Gasteiger partial charge in [-0.25, -0.2) is 0 Å². The molecular formula is C14H28O3Si. The van der Waals surface area contributed by atoms with Gasteiger partial charge in [-0.2, -0.15) is 0 Å². The van der Waals surface area contributed by atoms with E-state index in [1.165, 1.54) is 32.1 Å². The number of fused-ring (bicyclic) bond motifs is 1. The largest absolute Gasteiger partial charge is 0.504 e. The van der Waals surface area contributed by atoms with E-state index in [0.29, 0.717) is 25.4 Å². The van der Waals surface area contributed by atoms with Crippen LogP contribution in [0, 0.1) is 11.8 Å². The molecule has 0 heterocycles. The van der Waals surface area contributed by atoms with E-state index in [-0.39, 0.29) is 0 Å². The van der Waals surface area contributed by atoms with E-state index in [2.05, 4.69) is 20.8 Å². The maximum Gasteiger partial charge on any atom is 0.504 e. The molecule has 2 saturated carbocycles. The summed E-state index contributed by atoms with van der Waals surface area (Å²) < 4.78 is 18.2. The SMILES string of the molecule is CCO[Si](OCC)(OCC)C1C2CCCCCC21. The van der Waals surface area contributed by atoms with E-state index in [0.717, 1.165) is 11.8 Å². The molecule has 0 spiro atoms. The molecule has 2 rings (SSSR count). The van der Waals surface area contributed by atoms with Crippen molar-refractivity contribution in [2.24, 2.45) is 11.8 Å². The molecule has 0 amide bonds. The Labute approximate surface area is 113 Å². The van der Waals surface area contributed by atoms with Gasteiger partial charge in [0, 0.05) is 25.4 Å². The monoisotopic (exact) mass is 272 g/mol. The molecule has 2 atom stereocenters. The first-order valence-electron chi connectivity index (χ1n) is 7.70. The molecule has 2 fully saturated rings. The van der Waals surface area contributed by atoms with Crippen LogP contribution in [0.4, 0.5) is 0 Å². The number of rotatable bonds is 7. The predicted octanol–water partition coefficient (Wildman–Crippen LogP) is 3.62. The van der Waals surface area contributed by atoms with Crippen LogP contribution in [0.15, 0.2) is 0 Å². The van der Waals surface area contributed by atoms with Crippen molar-refractivity contribution in [1.82, 2.24) is 0 Å². The van der Waals surface area contributed by atoms with Crippen LogP contribution < -0.4 is 0 Å². The third-order valence-corrected chi connectivity index (χ3v) is 8.10. The second kappa shape index (κ2) is 6.50. The molecule has 3 nitrogen and oxygen atoms in total. The maximum absolute atomic E-state index is 6.06. The summed E-state index contributed by atoms with van der Waals surface area (Å²) in [6.07, 6.45) is 6.89. The van der Waals surface area contributed by atoms with Gasteiger partial charge in [-0.05, 0) is 45.4 Å². The zero-order chi connectivity index (χ0) is 13.0. The Balaban J connectivity index is 2.08. The normalized spacial score (nSPS) is 31.8. The molecule has 2 unspecified atom stereocenters. The Morgan fingerprint density at radius 2 is 1.22 bits per heavy atom. The summed E-state index contributed by atoms with van der Waals surface area (Å²) in [6.45, 7) is 8.29. The van der Waals surface area contributed by atoms with Crippen molar-refractivity contribution in [3.05, 3.63) is 0 Å². The van der Waals surface area contributed by atoms with E-state index in [1.54, 1.807) is 0 Å². The maximum atomic E-state index is 6.06. The second-order valence-electron chi connectivity index (χ2n) is 5.39. The molecule has 0 N–H and O–H groups in total. The molecule has 2 aliphatic rings. The summed E-state index contributed by atoms with van der Waals surface area (Å²) in [6, 6.07) is 0. The molecular weight excluding hydrogens is 244 g/mol. The van der Waals surface area contributed by atoms with Crippen molar-refractivity contribution in [2.45, 2.75) is 58.4 Å². The molecule has 0 aliphatic heterocycles. The average molecular weight is 272 g/mol. The summed E-state index contributed by atoms with van der Waals surface area (Å²) in [7, 11) is -2.41. The second-order valence-corrected chi connectivity index (χ2v) is 8.13. The van der Waals surface area contributed by atoms with E-state index >= 15 is 0 Å². The molecule has 0 aromatic heterocycles. The highest BCUT2D eigenvalue weighted by Gasteiger charge is 2.67. The van der Waals surface area contributed by atoms with E-state index in [4.69, 9.17) is 13.3 Å². The van der Waals surface area contributed by atoms with Gasteiger partial charge >= 0.3 is 8.80 Å². The lowest BCUT2D eigenvalue weighted by Crippen LogP contribution is -2.47. The molecule has 0 aromatic rings. The Morgan fingerprint density at radius 3 is 1.61 bits per heavy atom. The van der Waals surface area contributed by atoms with E-state index in [1.807, 2.05) is 0 Å². The lowest BCUT2D eigenvalue weighted by Gasteiger charge is -2.29. The Kier molecular flexibility index (Phi) is 5.24. The minimum Gasteiger partial charge on any atom is -0.374 e. The van der Waals surface area contributed by atoms with Crippen LogP contribution in [-0.4, -0.2) is 28.6 Å². The summed E-state index contributed by atoms with van der Waals surface area (Å²) in [5.74, 6) is 1.65. The van der Waals surface area contributed by atoms with Gasteiger partial charge in [0.1, 0.15) is 0 Å². The van der Waals surface area contributed by atoms with Gasteiger partial charge in [-0.3, -0.25) is 0 Å². The van der Waals surface area contributed by atoms with Gasteiger partial charge in [-0.15, -0.1) is 0 Å². The molecule has 0 saturated heterocycles. The fourth-order valence-corrected chi connectivity index (χ4v) is 7.51. The van der Waals surface area contributed by atoms with Gasteiger partial charge in [-0.1, -0.05) is 19.3 Å². The van der Waals surface area contributed by atoms with Crippen LogP contribution >= 0.6 is 0 Å². The van der Waals surface area contributed by atoms with Crippen LogP contribution in [0.1, 0.15) is 52.9 Å². The molecule has 106 valence electrons. The van der Waals surface area contributed by atoms with Crippen LogP contribution in [-0.2, 0) is 13.3 Å². The van der Waals surface area contributed by atoms with Gasteiger partial charge < -0.3 is 13.3 Å². The third kappa shape index (κ3) is 2.82. The highest BCUT2D eigenvalue weighted by atomic mass is 28.4. The highest BCUT2D eigenvalue weighted by Crippen LogP contribution is 2.63. The lowest BCUT2D eigenvalue weighted by atomic mass is 10.2. The Morgan fingerprint density at radius 1 is 0.778 bits per heavy atom. The van der Waals surface area contributed by atoms with Crippen LogP contribution in [0.5, 0.6) is 0 Å². The summed E-state index contributed by atoms with van der Waals surface area (Å²) in [5, 5.41) is 0. The quantitative estimate of drug-likeness (QED) is 0.663. The topological polar surface area (TPSA) is 27.7 Å². The highest BCUT2D eigenvalue weighted by molar-refractivity contribution is 6.63. The van der Waals surface area contributed by atoms with Crippen molar-refractivity contribution < 1.29 is 13.3 Å². The van der Waals surface area contributed by atoms with Crippen molar-refractivity contribution in [1.29, 1.82) is 0 Å². The summed E-state index contributed by atoms with van der Waals surface area (Å²) >= 11 is 0. The minimum atomic E-state index is -2.41. The minimum absolute atomic E-state index is 0.595. The summed E-state index contributed by atoms with van der Waals surface area (Å²) in [5.41, 5.74) is 0.595. The lowest BCUT2D eigenvalue weighted by molar-refractivity contribution is 0.0668. The zero-order valence-corrected chi connectivity index (χ0v) is 13.1. The Bertz CT molecular complexity index is 230. The van der Waals surface area contributed by atoms with E-state index < -0.39 is 8.80 Å². The number of hydrogen-bond donors (Lipinski definition) is 0. The third-order valence-electron chi connectivity index (χ3n) is 4.35. The molecule has 0 aromatic carbocycles. The van der Waals surface area contributed by atoms with Crippen molar-refractivity contribution in [2.75, 3.05) is 19.8 Å². The van der Waals surface area contributed by atoms with Gasteiger partial charge in [0.05, 0.1) is 0 Å². The molecule has 0 bridgehead atoms. The van der Waals surface area contributed by atoms with Gasteiger partial charge in [0.25, 0.3) is 0 Å². The van der Waals surface area contributed by atoms with Crippen molar-refractivity contribution >= 4 is 8.80 Å². The molecule has 18 heavy (non-hydrogen) atoms. The standard InChI is InChI=1S/C14H28O3Si/c1-4-15-18(16-5-2,17-6-3)14-12-10-8-7-9-11-13(12)14/h12-14H,4-11H2,1-3H3. The van der Waals surface area contributed by atoms with Crippen LogP contribution in [0.25, 0.3) is 0 Å². The molecule has 4 heteroatoms. The van der Waals surface area contributed by atoms with E-state index in [9.17, 15) is 0 Å². The Hall–Kier alpha value is 0.0969. The number of hydrogen-bond acceptors (Lipinski definition) is 3. The average Bonchev–Trinajstić information content (AvgIpc) is 3.04.